The first kappa shape index (κ1) is 8.53. The maximum absolute atomic E-state index is 12.8. The highest BCUT2D eigenvalue weighted by atomic mass is 32.2. The smallest absolute Gasteiger partial charge is 0.130 e. The van der Waals surface area contributed by atoms with Crippen molar-refractivity contribution in [1.82, 2.24) is 0 Å². The van der Waals surface area contributed by atoms with Crippen molar-refractivity contribution in [2.24, 2.45) is 0 Å². The highest BCUT2D eigenvalue weighted by molar-refractivity contribution is 7.98. The van der Waals surface area contributed by atoms with Gasteiger partial charge in [0.15, 0.2) is 0 Å². The molecule has 0 fully saturated rings. The third kappa shape index (κ3) is 1.71. The summed E-state index contributed by atoms with van der Waals surface area (Å²) in [5.74, 6) is -0.955. The van der Waals surface area contributed by atoms with Crippen LogP contribution in [-0.4, -0.2) is 6.26 Å². The monoisotopic (exact) mass is 174 g/mol. The molecule has 0 nitrogen and oxygen atoms in total. The molecule has 0 unspecified atom stereocenters. The van der Waals surface area contributed by atoms with E-state index < -0.39 is 11.6 Å². The zero-order valence-corrected chi connectivity index (χ0v) is 7.14. The van der Waals surface area contributed by atoms with E-state index >= 15 is 0 Å². The van der Waals surface area contributed by atoms with E-state index in [1.807, 2.05) is 0 Å². The first-order valence-electron chi connectivity index (χ1n) is 3.15. The highest BCUT2D eigenvalue weighted by Crippen LogP contribution is 2.20. The summed E-state index contributed by atoms with van der Waals surface area (Å²) in [7, 11) is 0. The summed E-state index contributed by atoms with van der Waals surface area (Å²) in [4.78, 5) is 0.616. The molecule has 1 aromatic carbocycles. The SMILES string of the molecule is CSc1cc(F)c(C)c(F)c1. The van der Waals surface area contributed by atoms with Crippen molar-refractivity contribution < 1.29 is 8.78 Å². The van der Waals surface area contributed by atoms with Gasteiger partial charge in [0.25, 0.3) is 0 Å². The molecule has 0 heterocycles. The lowest BCUT2D eigenvalue weighted by Crippen LogP contribution is -1.88. The van der Waals surface area contributed by atoms with E-state index in [9.17, 15) is 8.78 Å². The third-order valence-electron chi connectivity index (χ3n) is 1.49. The number of halogens is 2. The van der Waals surface area contributed by atoms with Crippen molar-refractivity contribution in [2.75, 3.05) is 6.26 Å². The molecule has 0 aliphatic rings. The average molecular weight is 174 g/mol. The number of thioether (sulfide) groups is 1. The second-order valence-electron chi connectivity index (χ2n) is 2.22. The molecule has 1 rings (SSSR count). The van der Waals surface area contributed by atoms with Crippen LogP contribution in [0.4, 0.5) is 8.78 Å². The second kappa shape index (κ2) is 3.22. The number of rotatable bonds is 1. The van der Waals surface area contributed by atoms with Gasteiger partial charge in [-0.3, -0.25) is 0 Å². The highest BCUT2D eigenvalue weighted by Gasteiger charge is 2.05. The predicted molar refractivity (Wildman–Crippen MR) is 42.9 cm³/mol. The number of hydrogen-bond acceptors (Lipinski definition) is 1. The zero-order chi connectivity index (χ0) is 8.43. The van der Waals surface area contributed by atoms with Crippen LogP contribution in [0.5, 0.6) is 0 Å². The van der Waals surface area contributed by atoms with E-state index in [1.165, 1.54) is 30.8 Å². The van der Waals surface area contributed by atoms with E-state index in [4.69, 9.17) is 0 Å². The lowest BCUT2D eigenvalue weighted by molar-refractivity contribution is 0.562. The fraction of sp³-hybridized carbons (Fsp3) is 0.250. The van der Waals surface area contributed by atoms with Gasteiger partial charge in [0, 0.05) is 10.5 Å². The first-order chi connectivity index (χ1) is 5.15. The van der Waals surface area contributed by atoms with Gasteiger partial charge in [0.2, 0.25) is 0 Å². The van der Waals surface area contributed by atoms with Crippen LogP contribution < -0.4 is 0 Å². The van der Waals surface area contributed by atoms with Gasteiger partial charge < -0.3 is 0 Å². The van der Waals surface area contributed by atoms with Gasteiger partial charge in [-0.1, -0.05) is 0 Å². The standard InChI is InChI=1S/C8H8F2S/c1-5-7(9)3-6(11-2)4-8(5)10/h3-4H,1-2H3. The molecule has 0 saturated carbocycles. The summed E-state index contributed by atoms with van der Waals surface area (Å²) in [5.41, 5.74) is 0.0859. The Morgan fingerprint density at radius 1 is 1.18 bits per heavy atom. The lowest BCUT2D eigenvalue weighted by Gasteiger charge is -2.00. The van der Waals surface area contributed by atoms with Gasteiger partial charge in [-0.2, -0.15) is 0 Å². The van der Waals surface area contributed by atoms with Crippen LogP contribution in [0.3, 0.4) is 0 Å². The van der Waals surface area contributed by atoms with Crippen molar-refractivity contribution in [3.05, 3.63) is 29.3 Å². The average Bonchev–Trinajstić information content (AvgIpc) is 1.99. The molecule has 0 spiro atoms. The van der Waals surface area contributed by atoms with Gasteiger partial charge in [-0.05, 0) is 25.3 Å². The van der Waals surface area contributed by atoms with E-state index in [0.717, 1.165) is 0 Å². The summed E-state index contributed by atoms with van der Waals surface area (Å²) < 4.78 is 25.5. The normalized spacial score (nSPS) is 10.2. The van der Waals surface area contributed by atoms with Crippen LogP contribution in [0.25, 0.3) is 0 Å². The fourth-order valence-corrected chi connectivity index (χ4v) is 1.18. The molecule has 0 N–H and O–H groups in total. The minimum Gasteiger partial charge on any atom is -0.207 e. The summed E-state index contributed by atoms with van der Waals surface area (Å²) >= 11 is 1.33. The second-order valence-corrected chi connectivity index (χ2v) is 3.10. The quantitative estimate of drug-likeness (QED) is 0.590. The summed E-state index contributed by atoms with van der Waals surface area (Å²) in [6.07, 6.45) is 1.78. The molecule has 11 heavy (non-hydrogen) atoms. The van der Waals surface area contributed by atoms with E-state index in [2.05, 4.69) is 0 Å². The number of hydrogen-bond donors (Lipinski definition) is 0. The zero-order valence-electron chi connectivity index (χ0n) is 6.32. The van der Waals surface area contributed by atoms with Crippen molar-refractivity contribution >= 4 is 11.8 Å². The summed E-state index contributed by atoms with van der Waals surface area (Å²) in [5, 5.41) is 0. The third-order valence-corrected chi connectivity index (χ3v) is 2.20. The van der Waals surface area contributed by atoms with E-state index in [-0.39, 0.29) is 5.56 Å². The Morgan fingerprint density at radius 2 is 1.64 bits per heavy atom. The van der Waals surface area contributed by atoms with Crippen LogP contribution in [0.2, 0.25) is 0 Å². The number of benzene rings is 1. The van der Waals surface area contributed by atoms with Gasteiger partial charge >= 0.3 is 0 Å². The molecule has 0 aliphatic carbocycles. The predicted octanol–water partition coefficient (Wildman–Crippen LogP) is 3.00. The fourth-order valence-electron chi connectivity index (χ4n) is 0.740. The van der Waals surface area contributed by atoms with Gasteiger partial charge in [-0.25, -0.2) is 8.78 Å². The first-order valence-corrected chi connectivity index (χ1v) is 4.37. The van der Waals surface area contributed by atoms with Crippen LogP contribution in [0.15, 0.2) is 17.0 Å². The van der Waals surface area contributed by atoms with E-state index in [0.29, 0.717) is 4.90 Å². The summed E-state index contributed by atoms with van der Waals surface area (Å²) in [6, 6.07) is 2.67. The van der Waals surface area contributed by atoms with Crippen molar-refractivity contribution in [2.45, 2.75) is 11.8 Å². The van der Waals surface area contributed by atoms with Crippen LogP contribution in [0.1, 0.15) is 5.56 Å². The Balaban J connectivity index is 3.21. The molecule has 0 saturated heterocycles. The lowest BCUT2D eigenvalue weighted by atomic mass is 10.2. The van der Waals surface area contributed by atoms with Gasteiger partial charge in [-0.15, -0.1) is 11.8 Å². The van der Waals surface area contributed by atoms with E-state index in [1.54, 1.807) is 6.26 Å². The maximum Gasteiger partial charge on any atom is 0.130 e. The van der Waals surface area contributed by atoms with Crippen molar-refractivity contribution in [1.29, 1.82) is 0 Å². The largest absolute Gasteiger partial charge is 0.207 e. The molecule has 0 amide bonds. The minimum absolute atomic E-state index is 0.0859. The molecule has 0 radical (unpaired) electrons. The molecule has 0 aliphatic heterocycles. The maximum atomic E-state index is 12.8. The van der Waals surface area contributed by atoms with Crippen LogP contribution >= 0.6 is 11.8 Å². The minimum atomic E-state index is -0.477. The molecule has 60 valence electrons. The Labute approximate surface area is 68.6 Å². The Kier molecular flexibility index (Phi) is 2.49. The molecule has 0 bridgehead atoms. The topological polar surface area (TPSA) is 0 Å². The Morgan fingerprint density at radius 3 is 2.00 bits per heavy atom. The van der Waals surface area contributed by atoms with Gasteiger partial charge in [0.1, 0.15) is 11.6 Å². The van der Waals surface area contributed by atoms with Crippen LogP contribution in [0, 0.1) is 18.6 Å². The molecule has 1 aromatic rings. The van der Waals surface area contributed by atoms with Crippen molar-refractivity contribution in [3.63, 3.8) is 0 Å². The molecular weight excluding hydrogens is 166 g/mol. The molecular formula is C8H8F2S. The molecule has 3 heteroatoms. The molecule has 0 aromatic heterocycles. The Bertz CT molecular complexity index is 248. The van der Waals surface area contributed by atoms with Crippen molar-refractivity contribution in [3.8, 4) is 0 Å². The van der Waals surface area contributed by atoms with Crippen LogP contribution in [-0.2, 0) is 0 Å². The Hall–Kier alpha value is -0.570. The molecule has 0 atom stereocenters. The summed E-state index contributed by atoms with van der Waals surface area (Å²) in [6.45, 7) is 1.43. The van der Waals surface area contributed by atoms with Gasteiger partial charge in [0.05, 0.1) is 0 Å².